The molecule has 0 N–H and O–H groups in total. The second-order valence-corrected chi connectivity index (χ2v) is 7.75. The predicted octanol–water partition coefficient (Wildman–Crippen LogP) is 2.07. The molecule has 0 aliphatic carbocycles. The number of benzene rings is 1. The molecular weight excluding hydrogens is 322 g/mol. The van der Waals surface area contributed by atoms with Crippen LogP contribution in [0.4, 0.5) is 5.69 Å². The molecule has 130 valence electrons. The zero-order valence-electron chi connectivity index (χ0n) is 14.4. The Kier molecular flexibility index (Phi) is 5.46. The van der Waals surface area contributed by atoms with Gasteiger partial charge in [-0.15, -0.1) is 11.8 Å². The first-order valence-electron chi connectivity index (χ1n) is 8.52. The molecule has 3 rings (SSSR count). The standard InChI is InChI=1S/C18H25N3O2S/c1-19(2)11-14-7-5-6-10-20(14)17(22)12-21-15-8-3-4-9-16(15)24-13-18(21)23/h3-4,8-9,14H,5-7,10-13H2,1-2H3. The van der Waals surface area contributed by atoms with Crippen molar-refractivity contribution in [3.63, 3.8) is 0 Å². The minimum absolute atomic E-state index is 0.0215. The van der Waals surface area contributed by atoms with E-state index in [9.17, 15) is 9.59 Å². The average Bonchev–Trinajstić information content (AvgIpc) is 2.57. The van der Waals surface area contributed by atoms with Crippen molar-refractivity contribution < 1.29 is 9.59 Å². The molecule has 1 saturated heterocycles. The molecule has 0 bridgehead atoms. The molecule has 5 nitrogen and oxygen atoms in total. The van der Waals surface area contributed by atoms with Crippen LogP contribution in [0.15, 0.2) is 29.2 Å². The van der Waals surface area contributed by atoms with Crippen LogP contribution in [-0.4, -0.2) is 67.1 Å². The maximum atomic E-state index is 12.9. The quantitative estimate of drug-likeness (QED) is 0.836. The molecule has 2 heterocycles. The summed E-state index contributed by atoms with van der Waals surface area (Å²) in [5.41, 5.74) is 0.869. The molecule has 0 spiro atoms. The lowest BCUT2D eigenvalue weighted by atomic mass is 10.0. The van der Waals surface area contributed by atoms with Crippen LogP contribution >= 0.6 is 11.8 Å². The number of carbonyl (C=O) groups excluding carboxylic acids is 2. The van der Waals surface area contributed by atoms with Gasteiger partial charge in [0.1, 0.15) is 6.54 Å². The van der Waals surface area contributed by atoms with E-state index in [1.165, 1.54) is 6.42 Å². The Morgan fingerprint density at radius 2 is 2.08 bits per heavy atom. The van der Waals surface area contributed by atoms with Crippen LogP contribution in [0.2, 0.25) is 0 Å². The molecule has 2 aliphatic heterocycles. The summed E-state index contributed by atoms with van der Waals surface area (Å²) in [5.74, 6) is 0.496. The van der Waals surface area contributed by atoms with Crippen molar-refractivity contribution in [1.29, 1.82) is 0 Å². The van der Waals surface area contributed by atoms with Gasteiger partial charge in [0.15, 0.2) is 0 Å². The van der Waals surface area contributed by atoms with Gasteiger partial charge in [-0.1, -0.05) is 12.1 Å². The van der Waals surface area contributed by atoms with Gasteiger partial charge in [-0.25, -0.2) is 0 Å². The average molecular weight is 347 g/mol. The number of hydrogen-bond acceptors (Lipinski definition) is 4. The number of carbonyl (C=O) groups is 2. The van der Waals surface area contributed by atoms with Crippen molar-refractivity contribution in [3.05, 3.63) is 24.3 Å². The fraction of sp³-hybridized carbons (Fsp3) is 0.556. The molecule has 1 aromatic carbocycles. The van der Waals surface area contributed by atoms with Gasteiger partial charge in [-0.3, -0.25) is 9.59 Å². The van der Waals surface area contributed by atoms with Crippen LogP contribution in [0, 0.1) is 0 Å². The number of likely N-dealkylation sites (N-methyl/N-ethyl adjacent to an activating group) is 1. The third-order valence-electron chi connectivity index (χ3n) is 4.63. The van der Waals surface area contributed by atoms with Crippen molar-refractivity contribution in [2.75, 3.05) is 44.4 Å². The molecule has 2 aliphatic rings. The number of fused-ring (bicyclic) bond motifs is 1. The van der Waals surface area contributed by atoms with Crippen molar-refractivity contribution in [2.45, 2.75) is 30.2 Å². The van der Waals surface area contributed by atoms with E-state index < -0.39 is 0 Å². The Morgan fingerprint density at radius 1 is 1.29 bits per heavy atom. The van der Waals surface area contributed by atoms with E-state index in [0.717, 1.165) is 36.5 Å². The van der Waals surface area contributed by atoms with Crippen LogP contribution in [0.3, 0.4) is 0 Å². The fourth-order valence-electron chi connectivity index (χ4n) is 3.49. The molecule has 24 heavy (non-hydrogen) atoms. The number of piperidine rings is 1. The Hall–Kier alpha value is -1.53. The number of para-hydroxylation sites is 1. The summed E-state index contributed by atoms with van der Waals surface area (Å²) in [7, 11) is 4.08. The van der Waals surface area contributed by atoms with E-state index in [0.29, 0.717) is 5.75 Å². The van der Waals surface area contributed by atoms with Crippen molar-refractivity contribution in [3.8, 4) is 0 Å². The van der Waals surface area contributed by atoms with Crippen molar-refractivity contribution in [2.24, 2.45) is 0 Å². The first-order valence-corrected chi connectivity index (χ1v) is 9.51. The molecule has 0 aromatic heterocycles. The lowest BCUT2D eigenvalue weighted by Gasteiger charge is -2.39. The summed E-state index contributed by atoms with van der Waals surface area (Å²) in [6.07, 6.45) is 3.27. The Morgan fingerprint density at radius 3 is 2.88 bits per heavy atom. The number of anilines is 1. The van der Waals surface area contributed by atoms with Gasteiger partial charge in [0.05, 0.1) is 11.4 Å². The minimum Gasteiger partial charge on any atom is -0.337 e. The smallest absolute Gasteiger partial charge is 0.242 e. The highest BCUT2D eigenvalue weighted by Crippen LogP contribution is 2.35. The SMILES string of the molecule is CN(C)CC1CCCCN1C(=O)CN1C(=O)CSc2ccccc21. The fourth-order valence-corrected chi connectivity index (χ4v) is 4.43. The Labute approximate surface area is 148 Å². The topological polar surface area (TPSA) is 43.9 Å². The molecule has 0 saturated carbocycles. The molecule has 0 radical (unpaired) electrons. The number of likely N-dealkylation sites (tertiary alicyclic amines) is 1. The number of nitrogens with zero attached hydrogens (tertiary/aromatic N) is 3. The second kappa shape index (κ2) is 7.57. The highest BCUT2D eigenvalue weighted by atomic mass is 32.2. The molecule has 1 aromatic rings. The van der Waals surface area contributed by atoms with E-state index >= 15 is 0 Å². The number of thioether (sulfide) groups is 1. The van der Waals surface area contributed by atoms with Gasteiger partial charge in [-0.05, 0) is 45.5 Å². The predicted molar refractivity (Wildman–Crippen MR) is 97.4 cm³/mol. The monoisotopic (exact) mass is 347 g/mol. The zero-order valence-corrected chi connectivity index (χ0v) is 15.2. The van der Waals surface area contributed by atoms with E-state index in [2.05, 4.69) is 4.90 Å². The largest absolute Gasteiger partial charge is 0.337 e. The number of rotatable bonds is 4. The van der Waals surface area contributed by atoms with Crippen LogP contribution in [0.25, 0.3) is 0 Å². The zero-order chi connectivity index (χ0) is 17.1. The van der Waals surface area contributed by atoms with Gasteiger partial charge in [0.25, 0.3) is 0 Å². The van der Waals surface area contributed by atoms with E-state index in [4.69, 9.17) is 0 Å². The minimum atomic E-state index is 0.0215. The molecule has 2 amide bonds. The summed E-state index contributed by atoms with van der Waals surface area (Å²) in [5, 5.41) is 0. The highest BCUT2D eigenvalue weighted by molar-refractivity contribution is 8.00. The van der Waals surface area contributed by atoms with E-state index in [-0.39, 0.29) is 24.4 Å². The van der Waals surface area contributed by atoms with Gasteiger partial charge < -0.3 is 14.7 Å². The number of hydrogen-bond donors (Lipinski definition) is 0. The second-order valence-electron chi connectivity index (χ2n) is 6.74. The maximum Gasteiger partial charge on any atom is 0.242 e. The summed E-state index contributed by atoms with van der Waals surface area (Å²) >= 11 is 1.55. The molecule has 1 atom stereocenters. The maximum absolute atomic E-state index is 12.9. The van der Waals surface area contributed by atoms with E-state index in [1.54, 1.807) is 16.7 Å². The molecule has 1 fully saturated rings. The van der Waals surface area contributed by atoms with Crippen LogP contribution in [0.5, 0.6) is 0 Å². The van der Waals surface area contributed by atoms with Crippen molar-refractivity contribution in [1.82, 2.24) is 9.80 Å². The highest BCUT2D eigenvalue weighted by Gasteiger charge is 2.31. The molecule has 6 heteroatoms. The van der Waals surface area contributed by atoms with E-state index in [1.807, 2.05) is 43.3 Å². The normalized spacial score (nSPS) is 21.1. The van der Waals surface area contributed by atoms with Crippen LogP contribution < -0.4 is 4.90 Å². The molecule has 1 unspecified atom stereocenters. The Bertz CT molecular complexity index is 620. The van der Waals surface area contributed by atoms with Gasteiger partial charge in [0, 0.05) is 24.0 Å². The summed E-state index contributed by atoms with van der Waals surface area (Å²) in [6.45, 7) is 1.84. The van der Waals surface area contributed by atoms with Gasteiger partial charge in [-0.2, -0.15) is 0 Å². The molecular formula is C18H25N3O2S. The van der Waals surface area contributed by atoms with Crippen molar-refractivity contribution >= 4 is 29.3 Å². The van der Waals surface area contributed by atoms with Crippen LogP contribution in [-0.2, 0) is 9.59 Å². The summed E-state index contributed by atoms with van der Waals surface area (Å²) < 4.78 is 0. The summed E-state index contributed by atoms with van der Waals surface area (Å²) in [4.78, 5) is 32.1. The lowest BCUT2D eigenvalue weighted by Crippen LogP contribution is -2.52. The summed E-state index contributed by atoms with van der Waals surface area (Å²) in [6, 6.07) is 8.09. The van der Waals surface area contributed by atoms with Crippen LogP contribution in [0.1, 0.15) is 19.3 Å². The Balaban J connectivity index is 1.75. The lowest BCUT2D eigenvalue weighted by molar-refractivity contribution is -0.134. The third-order valence-corrected chi connectivity index (χ3v) is 5.67. The first-order chi connectivity index (χ1) is 11.6. The first kappa shape index (κ1) is 17.3. The number of amides is 2. The van der Waals surface area contributed by atoms with Gasteiger partial charge >= 0.3 is 0 Å². The van der Waals surface area contributed by atoms with Gasteiger partial charge in [0.2, 0.25) is 11.8 Å². The third kappa shape index (κ3) is 3.75.